The van der Waals surface area contributed by atoms with E-state index in [0.717, 1.165) is 0 Å². The predicted molar refractivity (Wildman–Crippen MR) is 74.5 cm³/mol. The molecule has 8 heteroatoms. The summed E-state index contributed by atoms with van der Waals surface area (Å²) >= 11 is 0. The highest BCUT2D eigenvalue weighted by Gasteiger charge is 2.14. The molecule has 20 heavy (non-hydrogen) atoms. The van der Waals surface area contributed by atoms with Gasteiger partial charge >= 0.3 is 0 Å². The molecule has 2 aromatic heterocycles. The summed E-state index contributed by atoms with van der Waals surface area (Å²) in [6.45, 7) is 2.70. The smallest absolute Gasteiger partial charge is 0.241 e. The Morgan fingerprint density at radius 1 is 1.20 bits per heavy atom. The first-order valence-electron chi connectivity index (χ1n) is 6.06. The number of hydrogen-bond acceptors (Lipinski definition) is 6. The second-order valence-electron chi connectivity index (χ2n) is 3.93. The van der Waals surface area contributed by atoms with Crippen molar-refractivity contribution in [1.29, 1.82) is 0 Å². The molecule has 0 amide bonds. The minimum atomic E-state index is -3.59. The maximum Gasteiger partial charge on any atom is 0.241 e. The summed E-state index contributed by atoms with van der Waals surface area (Å²) in [4.78, 5) is 11.9. The molecule has 0 aliphatic rings. The lowest BCUT2D eigenvalue weighted by Crippen LogP contribution is -2.24. The lowest BCUT2D eigenvalue weighted by Gasteiger charge is -2.08. The average Bonchev–Trinajstić information content (AvgIpc) is 2.47. The molecule has 0 radical (unpaired) electrons. The fraction of sp³-hybridized carbons (Fsp3) is 0.250. The van der Waals surface area contributed by atoms with Gasteiger partial charge < -0.3 is 5.32 Å². The number of sulfonamides is 1. The van der Waals surface area contributed by atoms with Crippen LogP contribution < -0.4 is 10.0 Å². The van der Waals surface area contributed by atoms with Crippen molar-refractivity contribution < 1.29 is 8.42 Å². The van der Waals surface area contributed by atoms with Crippen molar-refractivity contribution in [2.45, 2.75) is 18.4 Å². The van der Waals surface area contributed by atoms with Crippen LogP contribution in [0.4, 0.5) is 5.82 Å². The van der Waals surface area contributed by atoms with Crippen molar-refractivity contribution in [1.82, 2.24) is 19.7 Å². The molecule has 0 saturated heterocycles. The monoisotopic (exact) mass is 293 g/mol. The molecule has 2 rings (SSSR count). The largest absolute Gasteiger partial charge is 0.370 e. The normalized spacial score (nSPS) is 11.2. The number of rotatable bonds is 6. The van der Waals surface area contributed by atoms with Gasteiger partial charge in [-0.25, -0.2) is 28.1 Å². The van der Waals surface area contributed by atoms with E-state index in [1.165, 1.54) is 24.7 Å². The highest BCUT2D eigenvalue weighted by molar-refractivity contribution is 7.89. The molecule has 2 heterocycles. The second-order valence-corrected chi connectivity index (χ2v) is 5.70. The molecule has 0 spiro atoms. The summed E-state index contributed by atoms with van der Waals surface area (Å²) in [5, 5.41) is 2.97. The van der Waals surface area contributed by atoms with Crippen LogP contribution in [0.3, 0.4) is 0 Å². The molecule has 0 fully saturated rings. The van der Waals surface area contributed by atoms with Crippen LogP contribution in [0.1, 0.15) is 12.6 Å². The van der Waals surface area contributed by atoms with E-state index in [9.17, 15) is 8.42 Å². The van der Waals surface area contributed by atoms with E-state index in [-0.39, 0.29) is 11.4 Å². The first-order valence-corrected chi connectivity index (χ1v) is 7.54. The third-order valence-corrected chi connectivity index (χ3v) is 3.89. The number of nitrogens with zero attached hydrogens (tertiary/aromatic N) is 3. The van der Waals surface area contributed by atoms with E-state index in [0.29, 0.717) is 18.1 Å². The Balaban J connectivity index is 2.12. The van der Waals surface area contributed by atoms with Crippen molar-refractivity contribution in [3.8, 4) is 0 Å². The number of nitrogens with one attached hydrogen (secondary N) is 2. The molecule has 0 atom stereocenters. The van der Waals surface area contributed by atoms with E-state index in [1.807, 2.05) is 6.92 Å². The quantitative estimate of drug-likeness (QED) is 0.817. The number of aromatic nitrogens is 3. The topological polar surface area (TPSA) is 96.9 Å². The molecule has 0 aliphatic heterocycles. The van der Waals surface area contributed by atoms with E-state index in [2.05, 4.69) is 25.0 Å². The van der Waals surface area contributed by atoms with Crippen LogP contribution in [-0.4, -0.2) is 29.9 Å². The summed E-state index contributed by atoms with van der Waals surface area (Å²) in [6, 6.07) is 4.59. The molecule has 106 valence electrons. The van der Waals surface area contributed by atoms with E-state index in [1.54, 1.807) is 12.3 Å². The fourth-order valence-corrected chi connectivity index (χ4v) is 2.54. The van der Waals surface area contributed by atoms with Crippen molar-refractivity contribution in [2.75, 3.05) is 11.9 Å². The van der Waals surface area contributed by atoms with Gasteiger partial charge in [0.15, 0.2) is 0 Å². The zero-order valence-electron chi connectivity index (χ0n) is 10.9. The van der Waals surface area contributed by atoms with Crippen LogP contribution >= 0.6 is 0 Å². The van der Waals surface area contributed by atoms with Gasteiger partial charge in [-0.05, 0) is 19.1 Å². The van der Waals surface area contributed by atoms with Gasteiger partial charge in [0.25, 0.3) is 0 Å². The van der Waals surface area contributed by atoms with Gasteiger partial charge in [-0.15, -0.1) is 0 Å². The standard InChI is InChI=1S/C12H15N5O2S/c1-2-14-12-7-11(4-6-15-12)20(18,19)17-8-10-3-5-13-9-16-10/h3-7,9,17H,2,8H2,1H3,(H,14,15). The predicted octanol–water partition coefficient (Wildman–Crippen LogP) is 0.782. The van der Waals surface area contributed by atoms with Gasteiger partial charge in [-0.1, -0.05) is 0 Å². The Bertz CT molecular complexity index is 661. The minimum absolute atomic E-state index is 0.115. The Kier molecular flexibility index (Phi) is 4.59. The van der Waals surface area contributed by atoms with Crippen LogP contribution in [0, 0.1) is 0 Å². The van der Waals surface area contributed by atoms with Gasteiger partial charge in [0.1, 0.15) is 12.1 Å². The van der Waals surface area contributed by atoms with E-state index < -0.39 is 10.0 Å². The van der Waals surface area contributed by atoms with E-state index in [4.69, 9.17) is 0 Å². The van der Waals surface area contributed by atoms with Crippen LogP contribution in [0.15, 0.2) is 41.8 Å². The van der Waals surface area contributed by atoms with Crippen molar-refractivity contribution >= 4 is 15.8 Å². The summed E-state index contributed by atoms with van der Waals surface area (Å²) in [5.41, 5.74) is 0.601. The third-order valence-electron chi connectivity index (χ3n) is 2.49. The van der Waals surface area contributed by atoms with Crippen LogP contribution in [0.5, 0.6) is 0 Å². The zero-order valence-corrected chi connectivity index (χ0v) is 11.8. The lowest BCUT2D eigenvalue weighted by atomic mass is 10.4. The molecule has 0 aromatic carbocycles. The van der Waals surface area contributed by atoms with Crippen molar-refractivity contribution in [3.05, 3.63) is 42.6 Å². The maximum absolute atomic E-state index is 12.2. The molecular formula is C12H15N5O2S. The Morgan fingerprint density at radius 3 is 2.75 bits per heavy atom. The maximum atomic E-state index is 12.2. The van der Waals surface area contributed by atoms with Crippen LogP contribution in [0.25, 0.3) is 0 Å². The summed E-state index contributed by atoms with van der Waals surface area (Å²) in [6.07, 6.45) is 4.39. The Morgan fingerprint density at radius 2 is 2.05 bits per heavy atom. The van der Waals surface area contributed by atoms with Crippen LogP contribution in [0.2, 0.25) is 0 Å². The minimum Gasteiger partial charge on any atom is -0.370 e. The van der Waals surface area contributed by atoms with Crippen molar-refractivity contribution in [2.24, 2.45) is 0 Å². The van der Waals surface area contributed by atoms with Gasteiger partial charge in [0.2, 0.25) is 10.0 Å². The first-order chi connectivity index (χ1) is 9.62. The van der Waals surface area contributed by atoms with Gasteiger partial charge in [0, 0.05) is 25.0 Å². The molecule has 0 aliphatic carbocycles. The number of anilines is 1. The first kappa shape index (κ1) is 14.4. The number of pyridine rings is 1. The van der Waals surface area contributed by atoms with Crippen molar-refractivity contribution in [3.63, 3.8) is 0 Å². The average molecular weight is 293 g/mol. The Hall–Kier alpha value is -2.06. The summed E-state index contributed by atoms with van der Waals surface area (Å²) in [5.74, 6) is 0.525. The molecule has 0 saturated carbocycles. The van der Waals surface area contributed by atoms with E-state index >= 15 is 0 Å². The molecule has 0 unspecified atom stereocenters. The second kappa shape index (κ2) is 6.40. The van der Waals surface area contributed by atoms with Gasteiger partial charge in [-0.3, -0.25) is 0 Å². The zero-order chi connectivity index (χ0) is 14.4. The van der Waals surface area contributed by atoms with Crippen LogP contribution in [-0.2, 0) is 16.6 Å². The highest BCUT2D eigenvalue weighted by Crippen LogP contribution is 2.12. The summed E-state index contributed by atoms with van der Waals surface area (Å²) in [7, 11) is -3.59. The SMILES string of the molecule is CCNc1cc(S(=O)(=O)NCc2ccncn2)ccn1. The Labute approximate surface area is 117 Å². The third kappa shape index (κ3) is 3.72. The molecule has 2 aromatic rings. The molecular weight excluding hydrogens is 278 g/mol. The molecule has 2 N–H and O–H groups in total. The number of hydrogen-bond donors (Lipinski definition) is 2. The van der Waals surface area contributed by atoms with Gasteiger partial charge in [0.05, 0.1) is 17.1 Å². The lowest BCUT2D eigenvalue weighted by molar-refractivity contribution is 0.580. The fourth-order valence-electron chi connectivity index (χ4n) is 1.53. The molecule has 7 nitrogen and oxygen atoms in total. The van der Waals surface area contributed by atoms with Gasteiger partial charge in [-0.2, -0.15) is 0 Å². The summed E-state index contributed by atoms with van der Waals surface area (Å²) < 4.78 is 26.8. The molecule has 0 bridgehead atoms. The highest BCUT2D eigenvalue weighted by atomic mass is 32.2.